The molecule has 2 aromatic carbocycles. The normalized spacial score (nSPS) is 15.1. The maximum absolute atomic E-state index is 13.1. The molecule has 0 radical (unpaired) electrons. The first-order valence-electron chi connectivity index (χ1n) is 9.28. The summed E-state index contributed by atoms with van der Waals surface area (Å²) in [6, 6.07) is 15.2. The molecule has 0 saturated carbocycles. The van der Waals surface area contributed by atoms with Crippen molar-refractivity contribution in [2.45, 2.75) is 13.5 Å². The van der Waals surface area contributed by atoms with Crippen LogP contribution < -0.4 is 15.1 Å². The van der Waals surface area contributed by atoms with Crippen LogP contribution in [0.4, 0.5) is 20.9 Å². The second-order valence-electron chi connectivity index (χ2n) is 7.03. The van der Waals surface area contributed by atoms with Gasteiger partial charge in [-0.25, -0.2) is 9.37 Å². The highest BCUT2D eigenvalue weighted by atomic mass is 32.1. The third kappa shape index (κ3) is 4.64. The molecule has 0 bridgehead atoms. The summed E-state index contributed by atoms with van der Waals surface area (Å²) < 4.78 is 13.1. The van der Waals surface area contributed by atoms with E-state index in [0.29, 0.717) is 0 Å². The molecule has 2 heterocycles. The molecule has 3 aromatic rings. The number of aromatic nitrogens is 1. The number of nitrogens with zero attached hydrogens (tertiary/aromatic N) is 2. The highest BCUT2D eigenvalue weighted by Gasteiger charge is 2.21. The maximum atomic E-state index is 13.1. The van der Waals surface area contributed by atoms with Crippen LogP contribution in [0.5, 0.6) is 0 Å². The van der Waals surface area contributed by atoms with Crippen LogP contribution in [0, 0.1) is 12.7 Å². The molecule has 1 fully saturated rings. The Bertz CT molecular complexity index is 868. The van der Waals surface area contributed by atoms with E-state index >= 15 is 0 Å². The summed E-state index contributed by atoms with van der Waals surface area (Å²) in [5.41, 5.74) is 4.57. The SMILES string of the molecule is Cc1ccc(Nc2nc(C[NH+]3CCN(c4ccc(F)cc4)CC3)cs2)cc1. The third-order valence-electron chi connectivity index (χ3n) is 4.95. The largest absolute Gasteiger partial charge is 0.360 e. The van der Waals surface area contributed by atoms with E-state index in [1.54, 1.807) is 16.2 Å². The van der Waals surface area contributed by atoms with Gasteiger partial charge >= 0.3 is 0 Å². The van der Waals surface area contributed by atoms with Crippen LogP contribution in [0.1, 0.15) is 11.3 Å². The lowest BCUT2D eigenvalue weighted by Gasteiger charge is -2.33. The molecule has 2 N–H and O–H groups in total. The molecule has 1 aromatic heterocycles. The molecule has 6 heteroatoms. The van der Waals surface area contributed by atoms with Crippen molar-refractivity contribution in [3.63, 3.8) is 0 Å². The molecule has 1 saturated heterocycles. The van der Waals surface area contributed by atoms with Crippen molar-refractivity contribution in [1.29, 1.82) is 0 Å². The Kier molecular flexibility index (Phi) is 5.36. The number of rotatable bonds is 5. The average molecular weight is 384 g/mol. The lowest BCUT2D eigenvalue weighted by atomic mass is 10.2. The Hall–Kier alpha value is -2.44. The van der Waals surface area contributed by atoms with Gasteiger partial charge in [0.1, 0.15) is 18.1 Å². The van der Waals surface area contributed by atoms with Gasteiger partial charge in [0.2, 0.25) is 0 Å². The number of quaternary nitrogens is 1. The van der Waals surface area contributed by atoms with Crippen LogP contribution >= 0.6 is 11.3 Å². The fourth-order valence-corrected chi connectivity index (χ4v) is 4.10. The summed E-state index contributed by atoms with van der Waals surface area (Å²) in [5, 5.41) is 6.47. The molecule has 4 nitrogen and oxygen atoms in total. The van der Waals surface area contributed by atoms with Gasteiger partial charge in [0.15, 0.2) is 5.13 Å². The third-order valence-corrected chi connectivity index (χ3v) is 5.75. The highest BCUT2D eigenvalue weighted by Crippen LogP contribution is 2.21. The summed E-state index contributed by atoms with van der Waals surface area (Å²) in [6.07, 6.45) is 0. The molecule has 0 spiro atoms. The van der Waals surface area contributed by atoms with Crippen molar-refractivity contribution in [3.05, 3.63) is 71.0 Å². The zero-order valence-electron chi connectivity index (χ0n) is 15.4. The number of nitrogens with one attached hydrogen (secondary N) is 2. The molecular formula is C21H24FN4S+. The van der Waals surface area contributed by atoms with Crippen molar-refractivity contribution >= 4 is 27.8 Å². The van der Waals surface area contributed by atoms with Crippen LogP contribution in [0.2, 0.25) is 0 Å². The fraction of sp³-hybridized carbons (Fsp3) is 0.286. The van der Waals surface area contributed by atoms with Crippen molar-refractivity contribution in [2.75, 3.05) is 36.4 Å². The Morgan fingerprint density at radius 1 is 1.07 bits per heavy atom. The van der Waals surface area contributed by atoms with Gasteiger partial charge in [-0.3, -0.25) is 0 Å². The minimum absolute atomic E-state index is 0.179. The number of benzene rings is 2. The monoisotopic (exact) mass is 383 g/mol. The first-order valence-corrected chi connectivity index (χ1v) is 10.2. The maximum Gasteiger partial charge on any atom is 0.187 e. The molecule has 0 aliphatic carbocycles. The minimum atomic E-state index is -0.179. The Labute approximate surface area is 163 Å². The standard InChI is InChI=1S/C21H23FN4S/c1-16-2-6-18(7-3-16)23-21-24-19(15-27-21)14-25-10-12-26(13-11-25)20-8-4-17(22)5-9-20/h2-9,15H,10-14H2,1H3,(H,23,24)/p+1. The first kappa shape index (κ1) is 17.9. The van der Waals surface area contributed by atoms with Gasteiger partial charge in [0, 0.05) is 16.8 Å². The van der Waals surface area contributed by atoms with E-state index < -0.39 is 0 Å². The number of piperazine rings is 1. The van der Waals surface area contributed by atoms with Gasteiger partial charge in [-0.15, -0.1) is 11.3 Å². The predicted octanol–water partition coefficient (Wildman–Crippen LogP) is 3.24. The van der Waals surface area contributed by atoms with Crippen molar-refractivity contribution in [3.8, 4) is 0 Å². The number of hydrogen-bond donors (Lipinski definition) is 2. The van der Waals surface area contributed by atoms with Crippen LogP contribution in [0.15, 0.2) is 53.9 Å². The molecule has 0 amide bonds. The minimum Gasteiger partial charge on any atom is -0.360 e. The molecule has 140 valence electrons. The summed E-state index contributed by atoms with van der Waals surface area (Å²) >= 11 is 1.65. The second kappa shape index (κ2) is 8.06. The lowest BCUT2D eigenvalue weighted by molar-refractivity contribution is -0.914. The second-order valence-corrected chi connectivity index (χ2v) is 7.88. The number of hydrogen-bond acceptors (Lipinski definition) is 4. The number of aryl methyl sites for hydroxylation is 1. The van der Waals surface area contributed by atoms with Gasteiger partial charge < -0.3 is 15.1 Å². The van der Waals surface area contributed by atoms with Gasteiger partial charge in [0.05, 0.1) is 26.2 Å². The summed E-state index contributed by atoms with van der Waals surface area (Å²) in [5.74, 6) is -0.179. The Morgan fingerprint density at radius 2 is 1.78 bits per heavy atom. The van der Waals surface area contributed by atoms with E-state index in [1.807, 2.05) is 12.1 Å². The number of thiazole rings is 1. The molecule has 27 heavy (non-hydrogen) atoms. The van der Waals surface area contributed by atoms with Gasteiger partial charge in [-0.05, 0) is 43.3 Å². The summed E-state index contributed by atoms with van der Waals surface area (Å²) in [6.45, 7) is 7.14. The predicted molar refractivity (Wildman–Crippen MR) is 110 cm³/mol. The highest BCUT2D eigenvalue weighted by molar-refractivity contribution is 7.13. The molecule has 1 aliphatic rings. The summed E-state index contributed by atoms with van der Waals surface area (Å²) in [7, 11) is 0. The van der Waals surface area contributed by atoms with Crippen LogP contribution in [0.3, 0.4) is 0 Å². The van der Waals surface area contributed by atoms with Gasteiger partial charge in [-0.2, -0.15) is 0 Å². The zero-order chi connectivity index (χ0) is 18.6. The quantitative estimate of drug-likeness (QED) is 0.710. The Morgan fingerprint density at radius 3 is 2.48 bits per heavy atom. The lowest BCUT2D eigenvalue weighted by Crippen LogP contribution is -3.13. The number of anilines is 3. The van der Waals surface area contributed by atoms with Crippen LogP contribution in [0.25, 0.3) is 0 Å². The van der Waals surface area contributed by atoms with Gasteiger partial charge in [0.25, 0.3) is 0 Å². The first-order chi connectivity index (χ1) is 13.2. The smallest absolute Gasteiger partial charge is 0.187 e. The summed E-state index contributed by atoms with van der Waals surface area (Å²) in [4.78, 5) is 8.61. The molecule has 0 atom stereocenters. The van der Waals surface area contributed by atoms with Crippen molar-refractivity contribution in [2.24, 2.45) is 0 Å². The van der Waals surface area contributed by atoms with E-state index in [0.717, 1.165) is 54.9 Å². The van der Waals surface area contributed by atoms with E-state index in [-0.39, 0.29) is 5.82 Å². The van der Waals surface area contributed by atoms with E-state index in [2.05, 4.69) is 46.8 Å². The van der Waals surface area contributed by atoms with Gasteiger partial charge in [-0.1, -0.05) is 17.7 Å². The average Bonchev–Trinajstić information content (AvgIpc) is 3.12. The topological polar surface area (TPSA) is 32.6 Å². The van der Waals surface area contributed by atoms with E-state index in [4.69, 9.17) is 4.98 Å². The molecule has 1 aliphatic heterocycles. The number of halogens is 1. The molecule has 0 unspecified atom stereocenters. The fourth-order valence-electron chi connectivity index (χ4n) is 3.37. The molecule has 4 rings (SSSR count). The van der Waals surface area contributed by atoms with E-state index in [1.165, 1.54) is 17.7 Å². The van der Waals surface area contributed by atoms with Crippen molar-refractivity contribution < 1.29 is 9.29 Å². The molecular weight excluding hydrogens is 359 g/mol. The van der Waals surface area contributed by atoms with E-state index in [9.17, 15) is 4.39 Å². The zero-order valence-corrected chi connectivity index (χ0v) is 16.2. The van der Waals surface area contributed by atoms with Crippen molar-refractivity contribution in [1.82, 2.24) is 4.98 Å². The van der Waals surface area contributed by atoms with Crippen LogP contribution in [-0.2, 0) is 6.54 Å². The Balaban J connectivity index is 1.30. The van der Waals surface area contributed by atoms with Crippen LogP contribution in [-0.4, -0.2) is 31.2 Å².